The van der Waals surface area contributed by atoms with E-state index in [-0.39, 0.29) is 43.7 Å². The third-order valence-electron chi connectivity index (χ3n) is 4.71. The maximum atomic E-state index is 13.9. The first kappa shape index (κ1) is 29.5. The van der Waals surface area contributed by atoms with Crippen LogP contribution in [0.4, 0.5) is 0 Å². The molecule has 0 radical (unpaired) electrons. The number of carbonyl (C=O) groups excluding carboxylic acids is 1. The molecule has 0 aromatic heterocycles. The Hall–Kier alpha value is -1.50. The molecule has 1 unspecified atom stereocenters. The number of hydrogen-bond donors (Lipinski definition) is 1. The SMILES string of the molecule is CCCC(=O)Oc1ccc(P(=O)(CP(=O)(OCC)OCC)OCC)cc1C(C)(C)CC(=O)O. The third-order valence-corrected chi connectivity index (χ3v) is 10.6. The smallest absolute Gasteiger partial charge is 0.340 e. The predicted octanol–water partition coefficient (Wildman–Crippen LogP) is 5.31. The average Bonchev–Trinajstić information content (AvgIpc) is 2.67. The van der Waals surface area contributed by atoms with Crippen molar-refractivity contribution in [3.05, 3.63) is 23.8 Å². The lowest BCUT2D eigenvalue weighted by Gasteiger charge is -2.28. The van der Waals surface area contributed by atoms with Crippen molar-refractivity contribution in [2.24, 2.45) is 0 Å². The summed E-state index contributed by atoms with van der Waals surface area (Å²) < 4.78 is 48.8. The van der Waals surface area contributed by atoms with Crippen molar-refractivity contribution < 1.29 is 42.1 Å². The number of ether oxygens (including phenoxy) is 1. The minimum atomic E-state index is -3.75. The van der Waals surface area contributed by atoms with Gasteiger partial charge >= 0.3 is 19.5 Å². The molecule has 9 nitrogen and oxygen atoms in total. The van der Waals surface area contributed by atoms with Crippen LogP contribution in [0.2, 0.25) is 0 Å². The van der Waals surface area contributed by atoms with Gasteiger partial charge in [-0.05, 0) is 45.4 Å². The second-order valence-electron chi connectivity index (χ2n) is 8.04. The van der Waals surface area contributed by atoms with Gasteiger partial charge in [-0.25, -0.2) is 0 Å². The lowest BCUT2D eigenvalue weighted by atomic mass is 9.81. The Balaban J connectivity index is 3.62. The highest BCUT2D eigenvalue weighted by Crippen LogP contribution is 2.63. The van der Waals surface area contributed by atoms with Crippen LogP contribution in [0.25, 0.3) is 0 Å². The van der Waals surface area contributed by atoms with Crippen LogP contribution in [0.3, 0.4) is 0 Å². The van der Waals surface area contributed by atoms with Gasteiger partial charge in [0.05, 0.1) is 26.2 Å². The Morgan fingerprint density at radius 1 is 0.970 bits per heavy atom. The van der Waals surface area contributed by atoms with Crippen LogP contribution in [0.15, 0.2) is 18.2 Å². The zero-order valence-electron chi connectivity index (χ0n) is 20.3. The van der Waals surface area contributed by atoms with Crippen molar-refractivity contribution in [1.29, 1.82) is 0 Å². The number of aliphatic carboxylic acids is 1. The first-order chi connectivity index (χ1) is 15.4. The van der Waals surface area contributed by atoms with Gasteiger partial charge in [-0.2, -0.15) is 0 Å². The molecule has 0 amide bonds. The van der Waals surface area contributed by atoms with Gasteiger partial charge in [0.1, 0.15) is 11.7 Å². The molecular formula is C22H36O9P2. The highest BCUT2D eigenvalue weighted by Gasteiger charge is 2.40. The minimum Gasteiger partial charge on any atom is -0.481 e. The van der Waals surface area contributed by atoms with E-state index in [0.29, 0.717) is 12.0 Å². The van der Waals surface area contributed by atoms with Gasteiger partial charge in [0.25, 0.3) is 0 Å². The van der Waals surface area contributed by atoms with E-state index in [1.807, 2.05) is 6.92 Å². The molecule has 1 aromatic carbocycles. The lowest BCUT2D eigenvalue weighted by molar-refractivity contribution is -0.138. The fraction of sp³-hybridized carbons (Fsp3) is 0.636. The summed E-state index contributed by atoms with van der Waals surface area (Å²) in [6.07, 6.45) is 0.530. The van der Waals surface area contributed by atoms with E-state index in [1.54, 1.807) is 34.6 Å². The third kappa shape index (κ3) is 8.66. The van der Waals surface area contributed by atoms with Gasteiger partial charge in [-0.1, -0.05) is 20.8 Å². The molecule has 0 heterocycles. The molecule has 1 atom stereocenters. The molecule has 0 bridgehead atoms. The summed E-state index contributed by atoms with van der Waals surface area (Å²) in [4.78, 5) is 23.6. The largest absolute Gasteiger partial charge is 0.481 e. The van der Waals surface area contributed by atoms with Crippen LogP contribution < -0.4 is 10.0 Å². The molecule has 1 N–H and O–H groups in total. The zero-order valence-corrected chi connectivity index (χ0v) is 22.1. The predicted molar refractivity (Wildman–Crippen MR) is 127 cm³/mol. The van der Waals surface area contributed by atoms with E-state index in [2.05, 4.69) is 0 Å². The lowest BCUT2D eigenvalue weighted by Crippen LogP contribution is -2.25. The Bertz CT molecular complexity index is 901. The van der Waals surface area contributed by atoms with Gasteiger partial charge in [0.15, 0.2) is 0 Å². The van der Waals surface area contributed by atoms with Gasteiger partial charge < -0.3 is 23.4 Å². The standard InChI is InChI=1S/C22H36O9P2/c1-7-11-21(25)31-19-13-12-17(14-18(19)22(5,6)15-20(23)24)32(26,28-8-2)16-33(27,29-9-3)30-10-4/h12-14H,7-11,15-16H2,1-6H3,(H,23,24). The molecule has 11 heteroatoms. The zero-order chi connectivity index (χ0) is 25.3. The highest BCUT2D eigenvalue weighted by atomic mass is 31.2. The molecule has 0 aliphatic heterocycles. The summed E-state index contributed by atoms with van der Waals surface area (Å²) in [7, 11) is -7.48. The Labute approximate surface area is 196 Å². The Morgan fingerprint density at radius 3 is 2.03 bits per heavy atom. The summed E-state index contributed by atoms with van der Waals surface area (Å²) in [5, 5.41) is 9.61. The number of carbonyl (C=O) groups is 2. The number of carboxylic acid groups (broad SMARTS) is 1. The van der Waals surface area contributed by atoms with Crippen LogP contribution in [0, 0.1) is 0 Å². The van der Waals surface area contributed by atoms with E-state index >= 15 is 0 Å². The van der Waals surface area contributed by atoms with Crippen molar-refractivity contribution in [3.63, 3.8) is 0 Å². The number of carboxylic acids is 1. The molecule has 188 valence electrons. The molecule has 0 aliphatic rings. The van der Waals surface area contributed by atoms with Crippen LogP contribution in [0.1, 0.15) is 66.4 Å². The van der Waals surface area contributed by atoms with Gasteiger partial charge in [-0.15, -0.1) is 0 Å². The maximum absolute atomic E-state index is 13.9. The summed E-state index contributed by atoms with van der Waals surface area (Å²) in [5.41, 5.74) is -0.584. The van der Waals surface area contributed by atoms with Crippen molar-refractivity contribution in [2.45, 2.75) is 66.2 Å². The molecule has 0 spiro atoms. The number of rotatable bonds is 15. The number of benzene rings is 1. The monoisotopic (exact) mass is 506 g/mol. The van der Waals surface area contributed by atoms with Gasteiger partial charge in [0, 0.05) is 22.7 Å². The van der Waals surface area contributed by atoms with E-state index in [9.17, 15) is 23.8 Å². The summed E-state index contributed by atoms with van der Waals surface area (Å²) in [6.45, 7) is 10.5. The molecule has 0 saturated carbocycles. The quantitative estimate of drug-likeness (QED) is 0.191. The van der Waals surface area contributed by atoms with Gasteiger partial charge in [-0.3, -0.25) is 18.7 Å². The van der Waals surface area contributed by atoms with Crippen molar-refractivity contribution in [3.8, 4) is 5.75 Å². The molecule has 33 heavy (non-hydrogen) atoms. The topological polar surface area (TPSA) is 125 Å². The second kappa shape index (κ2) is 12.8. The average molecular weight is 506 g/mol. The maximum Gasteiger partial charge on any atom is 0.340 e. The van der Waals surface area contributed by atoms with Crippen LogP contribution in [0.5, 0.6) is 5.75 Å². The second-order valence-corrected chi connectivity index (χ2v) is 13.0. The fourth-order valence-electron chi connectivity index (χ4n) is 3.34. The molecule has 1 rings (SSSR count). The normalized spacial score (nSPS) is 14.0. The van der Waals surface area contributed by atoms with E-state index in [1.165, 1.54) is 18.2 Å². The van der Waals surface area contributed by atoms with Crippen LogP contribution >= 0.6 is 15.0 Å². The molecule has 0 fully saturated rings. The van der Waals surface area contributed by atoms with Crippen LogP contribution in [-0.4, -0.2) is 42.8 Å². The van der Waals surface area contributed by atoms with Crippen molar-refractivity contribution in [2.75, 3.05) is 25.7 Å². The van der Waals surface area contributed by atoms with Gasteiger partial charge in [0.2, 0.25) is 7.37 Å². The summed E-state index contributed by atoms with van der Waals surface area (Å²) in [6, 6.07) is 4.46. The number of hydrogen-bond acceptors (Lipinski definition) is 8. The minimum absolute atomic E-state index is 0.0800. The van der Waals surface area contributed by atoms with E-state index in [0.717, 1.165) is 0 Å². The Kier molecular flexibility index (Phi) is 11.5. The summed E-state index contributed by atoms with van der Waals surface area (Å²) in [5.74, 6) is -1.78. The highest BCUT2D eigenvalue weighted by molar-refractivity contribution is 7.78. The summed E-state index contributed by atoms with van der Waals surface area (Å²) >= 11 is 0. The molecule has 0 saturated heterocycles. The van der Waals surface area contributed by atoms with Crippen molar-refractivity contribution >= 4 is 32.2 Å². The molecule has 0 aliphatic carbocycles. The first-order valence-corrected chi connectivity index (χ1v) is 14.6. The van der Waals surface area contributed by atoms with E-state index < -0.39 is 38.2 Å². The fourth-order valence-corrected chi connectivity index (χ4v) is 8.86. The van der Waals surface area contributed by atoms with Crippen molar-refractivity contribution in [1.82, 2.24) is 0 Å². The van der Waals surface area contributed by atoms with E-state index in [4.69, 9.17) is 18.3 Å². The first-order valence-electron chi connectivity index (χ1n) is 11.1. The molecular weight excluding hydrogens is 470 g/mol. The number of esters is 1. The van der Waals surface area contributed by atoms with Crippen LogP contribution in [-0.2, 0) is 37.7 Å². The Morgan fingerprint density at radius 2 is 1.55 bits per heavy atom. The molecule has 1 aromatic rings.